The van der Waals surface area contributed by atoms with Crippen LogP contribution in [-0.4, -0.2) is 46.7 Å². The molecule has 0 aromatic heterocycles. The summed E-state index contributed by atoms with van der Waals surface area (Å²) in [7, 11) is 0. The third-order valence-corrected chi connectivity index (χ3v) is 5.90. The van der Waals surface area contributed by atoms with Gasteiger partial charge < -0.3 is 10.6 Å². The summed E-state index contributed by atoms with van der Waals surface area (Å²) >= 11 is 0. The van der Waals surface area contributed by atoms with E-state index in [1.54, 1.807) is 12.1 Å². The quantitative estimate of drug-likeness (QED) is 0.836. The van der Waals surface area contributed by atoms with Crippen molar-refractivity contribution in [1.82, 2.24) is 9.80 Å². The minimum atomic E-state index is -0.120. The highest BCUT2D eigenvalue weighted by Gasteiger charge is 2.42. The highest BCUT2D eigenvalue weighted by atomic mass is 16.2. The Labute approximate surface area is 147 Å². The fraction of sp³-hybridized carbons (Fsp3) is 0.526. The van der Waals surface area contributed by atoms with Crippen molar-refractivity contribution in [3.05, 3.63) is 35.4 Å². The first-order valence-corrected chi connectivity index (χ1v) is 9.00. The number of rotatable bonds is 3. The smallest absolute Gasteiger partial charge is 0.253 e. The third kappa shape index (κ3) is 2.95. The van der Waals surface area contributed by atoms with Crippen LogP contribution >= 0.6 is 0 Å². The van der Waals surface area contributed by atoms with Crippen LogP contribution < -0.4 is 5.73 Å². The number of carbonyl (C=O) groups is 3. The first kappa shape index (κ1) is 16.3. The Morgan fingerprint density at radius 2 is 1.72 bits per heavy atom. The van der Waals surface area contributed by atoms with Crippen molar-refractivity contribution < 1.29 is 14.4 Å². The van der Waals surface area contributed by atoms with Gasteiger partial charge in [0.2, 0.25) is 11.8 Å². The molecular formula is C19H23N3O3. The van der Waals surface area contributed by atoms with Crippen molar-refractivity contribution in [1.29, 1.82) is 0 Å². The molecule has 1 aromatic carbocycles. The molecule has 3 aliphatic rings. The van der Waals surface area contributed by atoms with E-state index >= 15 is 0 Å². The molecule has 3 atom stereocenters. The Bertz CT molecular complexity index is 699. The van der Waals surface area contributed by atoms with Crippen LogP contribution in [0.2, 0.25) is 0 Å². The van der Waals surface area contributed by atoms with Crippen molar-refractivity contribution in [3.63, 3.8) is 0 Å². The van der Waals surface area contributed by atoms with E-state index in [1.807, 2.05) is 17.0 Å². The zero-order valence-corrected chi connectivity index (χ0v) is 14.2. The molecule has 132 valence electrons. The Kier molecular flexibility index (Phi) is 4.07. The molecule has 0 bridgehead atoms. The maximum Gasteiger partial charge on any atom is 0.253 e. The lowest BCUT2D eigenvalue weighted by Gasteiger charge is -2.19. The largest absolute Gasteiger partial charge is 0.338 e. The molecule has 3 amide bonds. The number of likely N-dealkylation sites (tertiary alicyclic amines) is 2. The predicted molar refractivity (Wildman–Crippen MR) is 91.3 cm³/mol. The summed E-state index contributed by atoms with van der Waals surface area (Å²) in [6, 6.07) is 7.46. The van der Waals surface area contributed by atoms with E-state index in [4.69, 9.17) is 5.73 Å². The molecule has 25 heavy (non-hydrogen) atoms. The molecule has 3 fully saturated rings. The van der Waals surface area contributed by atoms with Crippen LogP contribution in [0.1, 0.15) is 41.6 Å². The topological polar surface area (TPSA) is 83.7 Å². The number of nitrogens with zero attached hydrogens (tertiary/aromatic N) is 2. The molecule has 1 aliphatic carbocycles. The first-order chi connectivity index (χ1) is 12.0. The summed E-state index contributed by atoms with van der Waals surface area (Å²) in [5.41, 5.74) is 7.65. The number of fused-ring (bicyclic) bond motifs is 1. The fourth-order valence-corrected chi connectivity index (χ4v) is 4.39. The Balaban J connectivity index is 1.41. The summed E-state index contributed by atoms with van der Waals surface area (Å²) in [6.07, 6.45) is 2.79. The highest BCUT2D eigenvalue weighted by Crippen LogP contribution is 2.37. The Morgan fingerprint density at radius 3 is 2.36 bits per heavy atom. The summed E-state index contributed by atoms with van der Waals surface area (Å²) in [6.45, 7) is 1.84. The average molecular weight is 341 g/mol. The van der Waals surface area contributed by atoms with Crippen molar-refractivity contribution in [2.75, 3.05) is 13.1 Å². The van der Waals surface area contributed by atoms with Gasteiger partial charge in [0.1, 0.15) is 0 Å². The predicted octanol–water partition coefficient (Wildman–Crippen LogP) is 1.14. The van der Waals surface area contributed by atoms with Gasteiger partial charge in [-0.15, -0.1) is 0 Å². The van der Waals surface area contributed by atoms with Gasteiger partial charge in [-0.3, -0.25) is 19.3 Å². The number of carbonyl (C=O) groups excluding carboxylic acids is 3. The van der Waals surface area contributed by atoms with Crippen molar-refractivity contribution in [3.8, 4) is 0 Å². The van der Waals surface area contributed by atoms with Gasteiger partial charge in [-0.25, -0.2) is 0 Å². The lowest BCUT2D eigenvalue weighted by Crippen LogP contribution is -2.33. The number of hydrogen-bond acceptors (Lipinski definition) is 4. The van der Waals surface area contributed by atoms with E-state index in [1.165, 1.54) is 4.90 Å². The zero-order valence-electron chi connectivity index (χ0n) is 14.2. The van der Waals surface area contributed by atoms with Crippen LogP contribution in [0.5, 0.6) is 0 Å². The van der Waals surface area contributed by atoms with Crippen LogP contribution in [0.15, 0.2) is 24.3 Å². The van der Waals surface area contributed by atoms with Crippen LogP contribution in [0, 0.1) is 11.8 Å². The maximum atomic E-state index is 12.7. The van der Waals surface area contributed by atoms with E-state index in [-0.39, 0.29) is 30.3 Å². The van der Waals surface area contributed by atoms with E-state index < -0.39 is 0 Å². The molecule has 6 nitrogen and oxygen atoms in total. The molecule has 4 rings (SSSR count). The SMILES string of the molecule is NC1CCC2CN(C(=O)c3ccc(CN4C(=O)CCC4=O)cc3)CC12. The van der Waals surface area contributed by atoms with Crippen LogP contribution in [-0.2, 0) is 16.1 Å². The number of imide groups is 1. The summed E-state index contributed by atoms with van der Waals surface area (Å²) in [4.78, 5) is 39.3. The molecular weight excluding hydrogens is 318 g/mol. The van der Waals surface area contributed by atoms with E-state index in [9.17, 15) is 14.4 Å². The lowest BCUT2D eigenvalue weighted by atomic mass is 9.98. The molecule has 6 heteroatoms. The molecule has 1 aromatic rings. The average Bonchev–Trinajstić information content (AvgIpc) is 3.27. The second-order valence-corrected chi connectivity index (χ2v) is 7.45. The number of amides is 3. The molecule has 2 saturated heterocycles. The summed E-state index contributed by atoms with van der Waals surface area (Å²) in [5.74, 6) is 0.789. The fourth-order valence-electron chi connectivity index (χ4n) is 4.39. The Hall–Kier alpha value is -2.21. The standard InChI is InChI=1S/C19H23N3O3/c20-16-6-5-14-10-21(11-15(14)16)19(25)13-3-1-12(2-4-13)9-22-17(23)7-8-18(22)24/h1-4,14-16H,5-11,20H2. The Morgan fingerprint density at radius 1 is 1.04 bits per heavy atom. The molecule has 2 aliphatic heterocycles. The summed E-state index contributed by atoms with van der Waals surface area (Å²) in [5, 5.41) is 0. The minimum absolute atomic E-state index is 0.0430. The number of nitrogens with two attached hydrogens (primary N) is 1. The van der Waals surface area contributed by atoms with E-state index in [0.29, 0.717) is 30.2 Å². The van der Waals surface area contributed by atoms with Gasteiger partial charge in [0.15, 0.2) is 0 Å². The number of benzene rings is 1. The molecule has 2 heterocycles. The molecule has 0 spiro atoms. The van der Waals surface area contributed by atoms with Gasteiger partial charge in [0.05, 0.1) is 6.54 Å². The van der Waals surface area contributed by atoms with Gasteiger partial charge in [-0.1, -0.05) is 12.1 Å². The molecule has 0 radical (unpaired) electrons. The van der Waals surface area contributed by atoms with Crippen molar-refractivity contribution >= 4 is 17.7 Å². The maximum absolute atomic E-state index is 12.7. The van der Waals surface area contributed by atoms with Gasteiger partial charge in [-0.05, 0) is 42.4 Å². The van der Waals surface area contributed by atoms with E-state index in [0.717, 1.165) is 31.5 Å². The lowest BCUT2D eigenvalue weighted by molar-refractivity contribution is -0.139. The van der Waals surface area contributed by atoms with Gasteiger partial charge in [0.25, 0.3) is 5.91 Å². The second-order valence-electron chi connectivity index (χ2n) is 7.45. The van der Waals surface area contributed by atoms with Gasteiger partial charge in [0, 0.05) is 37.5 Å². The molecule has 3 unspecified atom stereocenters. The van der Waals surface area contributed by atoms with Gasteiger partial charge >= 0.3 is 0 Å². The van der Waals surface area contributed by atoms with Crippen molar-refractivity contribution in [2.24, 2.45) is 17.6 Å². The van der Waals surface area contributed by atoms with Crippen LogP contribution in [0.25, 0.3) is 0 Å². The summed E-state index contributed by atoms with van der Waals surface area (Å²) < 4.78 is 0. The monoisotopic (exact) mass is 341 g/mol. The minimum Gasteiger partial charge on any atom is -0.338 e. The number of hydrogen-bond donors (Lipinski definition) is 1. The third-order valence-electron chi connectivity index (χ3n) is 5.90. The normalized spacial score (nSPS) is 28.8. The van der Waals surface area contributed by atoms with E-state index in [2.05, 4.69) is 0 Å². The zero-order chi connectivity index (χ0) is 17.6. The second kappa shape index (κ2) is 6.26. The molecule has 2 N–H and O–H groups in total. The van der Waals surface area contributed by atoms with Crippen LogP contribution in [0.3, 0.4) is 0 Å². The first-order valence-electron chi connectivity index (χ1n) is 9.00. The van der Waals surface area contributed by atoms with Gasteiger partial charge in [-0.2, -0.15) is 0 Å². The van der Waals surface area contributed by atoms with Crippen molar-refractivity contribution in [2.45, 2.75) is 38.3 Å². The highest BCUT2D eigenvalue weighted by molar-refractivity contribution is 6.01. The van der Waals surface area contributed by atoms with Crippen LogP contribution in [0.4, 0.5) is 0 Å². The molecule has 1 saturated carbocycles.